The fourth-order valence-corrected chi connectivity index (χ4v) is 2.48. The number of amides is 1. The van der Waals surface area contributed by atoms with E-state index in [2.05, 4.69) is 12.2 Å². The van der Waals surface area contributed by atoms with Gasteiger partial charge in [-0.05, 0) is 57.2 Å². The standard InChI is InChI=1S/C16H24N2O/c1-11(12-5-4-6-12)18-15(19)16(2,3)13-7-9-14(17)10-8-13/h7-12H,4-6,17H2,1-3H3,(H,18,19). The van der Waals surface area contributed by atoms with Gasteiger partial charge in [0.05, 0.1) is 5.41 Å². The van der Waals surface area contributed by atoms with Gasteiger partial charge in [0.1, 0.15) is 0 Å². The van der Waals surface area contributed by atoms with Crippen molar-refractivity contribution in [3.05, 3.63) is 29.8 Å². The van der Waals surface area contributed by atoms with E-state index in [0.29, 0.717) is 5.92 Å². The number of benzene rings is 1. The molecule has 0 bridgehead atoms. The van der Waals surface area contributed by atoms with Gasteiger partial charge in [-0.1, -0.05) is 18.6 Å². The highest BCUT2D eigenvalue weighted by Gasteiger charge is 2.33. The molecule has 3 N–H and O–H groups in total. The van der Waals surface area contributed by atoms with Gasteiger partial charge in [-0.3, -0.25) is 4.79 Å². The van der Waals surface area contributed by atoms with Crippen LogP contribution in [0.15, 0.2) is 24.3 Å². The second kappa shape index (κ2) is 5.24. The van der Waals surface area contributed by atoms with Gasteiger partial charge in [0.25, 0.3) is 0 Å². The molecule has 0 heterocycles. The topological polar surface area (TPSA) is 55.1 Å². The Morgan fingerprint density at radius 2 is 1.89 bits per heavy atom. The van der Waals surface area contributed by atoms with Gasteiger partial charge in [-0.25, -0.2) is 0 Å². The zero-order chi connectivity index (χ0) is 14.0. The molecule has 0 saturated heterocycles. The summed E-state index contributed by atoms with van der Waals surface area (Å²) in [7, 11) is 0. The SMILES string of the molecule is CC(NC(=O)C(C)(C)c1ccc(N)cc1)C1CCC1. The Morgan fingerprint density at radius 1 is 1.32 bits per heavy atom. The van der Waals surface area contributed by atoms with Gasteiger partial charge in [-0.2, -0.15) is 0 Å². The fourth-order valence-electron chi connectivity index (χ4n) is 2.48. The van der Waals surface area contributed by atoms with Crippen LogP contribution in [0.2, 0.25) is 0 Å². The van der Waals surface area contributed by atoms with Gasteiger partial charge >= 0.3 is 0 Å². The molecule has 1 fully saturated rings. The summed E-state index contributed by atoms with van der Waals surface area (Å²) in [4.78, 5) is 12.5. The first-order valence-electron chi connectivity index (χ1n) is 7.08. The van der Waals surface area contributed by atoms with Gasteiger partial charge < -0.3 is 11.1 Å². The number of carbonyl (C=O) groups is 1. The molecular weight excluding hydrogens is 236 g/mol. The number of nitrogen functional groups attached to an aromatic ring is 1. The van der Waals surface area contributed by atoms with Crippen molar-refractivity contribution >= 4 is 11.6 Å². The number of hydrogen-bond donors (Lipinski definition) is 2. The Bertz CT molecular complexity index is 446. The van der Waals surface area contributed by atoms with Crippen LogP contribution in [0, 0.1) is 5.92 Å². The summed E-state index contributed by atoms with van der Waals surface area (Å²) in [6.45, 7) is 6.03. The third-order valence-corrected chi connectivity index (χ3v) is 4.42. The highest BCUT2D eigenvalue weighted by molar-refractivity contribution is 5.87. The van der Waals surface area contributed by atoms with Gasteiger partial charge in [0.15, 0.2) is 0 Å². The Hall–Kier alpha value is -1.51. The maximum absolute atomic E-state index is 12.5. The quantitative estimate of drug-likeness (QED) is 0.818. The average Bonchev–Trinajstić information content (AvgIpc) is 2.26. The minimum absolute atomic E-state index is 0.0941. The minimum Gasteiger partial charge on any atom is -0.399 e. The maximum atomic E-state index is 12.5. The highest BCUT2D eigenvalue weighted by atomic mass is 16.2. The van der Waals surface area contributed by atoms with Crippen molar-refractivity contribution < 1.29 is 4.79 Å². The van der Waals surface area contributed by atoms with Crippen molar-refractivity contribution in [1.82, 2.24) is 5.32 Å². The van der Waals surface area contributed by atoms with Crippen molar-refractivity contribution in [3.8, 4) is 0 Å². The van der Waals surface area contributed by atoms with E-state index in [1.54, 1.807) is 0 Å². The number of nitrogens with one attached hydrogen (secondary N) is 1. The predicted octanol–water partition coefficient (Wildman–Crippen LogP) is 2.85. The van der Waals surface area contributed by atoms with E-state index in [9.17, 15) is 4.79 Å². The van der Waals surface area contributed by atoms with Crippen molar-refractivity contribution in [2.75, 3.05) is 5.73 Å². The lowest BCUT2D eigenvalue weighted by Gasteiger charge is -2.34. The number of rotatable bonds is 4. The van der Waals surface area contributed by atoms with Crippen LogP contribution in [0.25, 0.3) is 0 Å². The Morgan fingerprint density at radius 3 is 2.37 bits per heavy atom. The molecule has 3 heteroatoms. The first-order chi connectivity index (χ1) is 8.91. The Balaban J connectivity index is 2.05. The summed E-state index contributed by atoms with van der Waals surface area (Å²) < 4.78 is 0. The maximum Gasteiger partial charge on any atom is 0.230 e. The summed E-state index contributed by atoms with van der Waals surface area (Å²) in [6.07, 6.45) is 3.78. The summed E-state index contributed by atoms with van der Waals surface area (Å²) in [6, 6.07) is 7.83. The third kappa shape index (κ3) is 2.91. The zero-order valence-electron chi connectivity index (χ0n) is 12.1. The number of anilines is 1. The number of hydrogen-bond acceptors (Lipinski definition) is 2. The van der Waals surface area contributed by atoms with Crippen LogP contribution in [-0.2, 0) is 10.2 Å². The van der Waals surface area contributed by atoms with Gasteiger partial charge in [0.2, 0.25) is 5.91 Å². The van der Waals surface area contributed by atoms with E-state index in [1.165, 1.54) is 19.3 Å². The molecule has 1 aliphatic carbocycles. The molecule has 1 aromatic carbocycles. The van der Waals surface area contributed by atoms with Gasteiger partial charge in [-0.15, -0.1) is 0 Å². The molecule has 1 saturated carbocycles. The molecule has 3 nitrogen and oxygen atoms in total. The molecule has 19 heavy (non-hydrogen) atoms. The summed E-state index contributed by atoms with van der Waals surface area (Å²) in [5, 5.41) is 3.17. The van der Waals surface area contributed by atoms with Crippen LogP contribution in [0.4, 0.5) is 5.69 Å². The fraction of sp³-hybridized carbons (Fsp3) is 0.562. The molecule has 0 aliphatic heterocycles. The van der Waals surface area contributed by atoms with E-state index in [-0.39, 0.29) is 11.9 Å². The second-order valence-electron chi connectivity index (χ2n) is 6.20. The van der Waals surface area contributed by atoms with Crippen molar-refractivity contribution in [1.29, 1.82) is 0 Å². The molecule has 0 aromatic heterocycles. The van der Waals surface area contributed by atoms with E-state index in [1.807, 2.05) is 38.1 Å². The molecule has 1 unspecified atom stereocenters. The van der Waals surface area contributed by atoms with Crippen LogP contribution in [0.3, 0.4) is 0 Å². The molecule has 0 spiro atoms. The van der Waals surface area contributed by atoms with Crippen molar-refractivity contribution in [2.24, 2.45) is 5.92 Å². The first-order valence-corrected chi connectivity index (χ1v) is 7.08. The molecule has 0 radical (unpaired) electrons. The lowest BCUT2D eigenvalue weighted by Crippen LogP contribution is -2.47. The number of carbonyl (C=O) groups excluding carboxylic acids is 1. The molecule has 1 aliphatic rings. The van der Waals surface area contributed by atoms with E-state index >= 15 is 0 Å². The van der Waals surface area contributed by atoms with Crippen LogP contribution >= 0.6 is 0 Å². The lowest BCUT2D eigenvalue weighted by molar-refractivity contribution is -0.126. The monoisotopic (exact) mass is 260 g/mol. The molecule has 1 atom stereocenters. The first kappa shape index (κ1) is 13.9. The summed E-state index contributed by atoms with van der Waals surface area (Å²) in [5.74, 6) is 0.753. The Kier molecular flexibility index (Phi) is 3.83. The second-order valence-corrected chi connectivity index (χ2v) is 6.20. The summed E-state index contributed by atoms with van der Waals surface area (Å²) in [5.41, 5.74) is 6.89. The molecule has 104 valence electrons. The van der Waals surface area contributed by atoms with E-state index in [0.717, 1.165) is 11.3 Å². The molecule has 1 amide bonds. The van der Waals surface area contributed by atoms with E-state index < -0.39 is 5.41 Å². The number of nitrogens with two attached hydrogens (primary N) is 1. The Labute approximate surface area is 115 Å². The average molecular weight is 260 g/mol. The summed E-state index contributed by atoms with van der Waals surface area (Å²) >= 11 is 0. The van der Waals surface area contributed by atoms with Crippen molar-refractivity contribution in [3.63, 3.8) is 0 Å². The van der Waals surface area contributed by atoms with Gasteiger partial charge in [0, 0.05) is 11.7 Å². The predicted molar refractivity (Wildman–Crippen MR) is 78.8 cm³/mol. The smallest absolute Gasteiger partial charge is 0.230 e. The molecular formula is C16H24N2O. The van der Waals surface area contributed by atoms with Crippen LogP contribution in [-0.4, -0.2) is 11.9 Å². The third-order valence-electron chi connectivity index (χ3n) is 4.42. The normalized spacial score (nSPS) is 17.6. The zero-order valence-corrected chi connectivity index (χ0v) is 12.1. The minimum atomic E-state index is -0.522. The lowest BCUT2D eigenvalue weighted by atomic mass is 9.79. The van der Waals surface area contributed by atoms with Crippen LogP contribution in [0.1, 0.15) is 45.6 Å². The van der Waals surface area contributed by atoms with E-state index in [4.69, 9.17) is 5.73 Å². The molecule has 2 rings (SSSR count). The molecule has 1 aromatic rings. The largest absolute Gasteiger partial charge is 0.399 e. The van der Waals surface area contributed by atoms with Crippen LogP contribution < -0.4 is 11.1 Å². The van der Waals surface area contributed by atoms with Crippen molar-refractivity contribution in [2.45, 2.75) is 51.5 Å². The van der Waals surface area contributed by atoms with Crippen LogP contribution in [0.5, 0.6) is 0 Å². The highest BCUT2D eigenvalue weighted by Crippen LogP contribution is 2.30.